The van der Waals surface area contributed by atoms with Crippen molar-refractivity contribution in [1.29, 1.82) is 0 Å². The number of halogens is 1. The van der Waals surface area contributed by atoms with Gasteiger partial charge in [0.2, 0.25) is 15.9 Å². The van der Waals surface area contributed by atoms with Crippen LogP contribution in [-0.4, -0.2) is 51.4 Å². The highest BCUT2D eigenvalue weighted by molar-refractivity contribution is 7.89. The molecule has 2 aromatic carbocycles. The van der Waals surface area contributed by atoms with Gasteiger partial charge >= 0.3 is 0 Å². The first kappa shape index (κ1) is 20.2. The van der Waals surface area contributed by atoms with Crippen LogP contribution in [0.15, 0.2) is 53.4 Å². The molecular formula is C19H23FN4O3S. The third kappa shape index (κ3) is 4.67. The van der Waals surface area contributed by atoms with Crippen molar-refractivity contribution in [3.05, 3.63) is 54.3 Å². The van der Waals surface area contributed by atoms with Gasteiger partial charge in [0, 0.05) is 31.9 Å². The van der Waals surface area contributed by atoms with E-state index in [1.165, 1.54) is 30.3 Å². The second-order valence-corrected chi connectivity index (χ2v) is 8.27. The summed E-state index contributed by atoms with van der Waals surface area (Å²) in [4.78, 5) is 16.5. The Balaban J connectivity index is 1.57. The van der Waals surface area contributed by atoms with Crippen molar-refractivity contribution in [2.75, 3.05) is 36.4 Å². The lowest BCUT2D eigenvalue weighted by Gasteiger charge is -2.38. The Kier molecular flexibility index (Phi) is 5.97. The van der Waals surface area contributed by atoms with Crippen LogP contribution in [0.5, 0.6) is 0 Å². The molecule has 0 spiro atoms. The summed E-state index contributed by atoms with van der Waals surface area (Å²) in [7, 11) is -3.77. The van der Waals surface area contributed by atoms with Crippen molar-refractivity contribution in [1.82, 2.24) is 4.90 Å². The summed E-state index contributed by atoms with van der Waals surface area (Å²) in [5.41, 5.74) is 1.07. The molecule has 1 saturated heterocycles. The van der Waals surface area contributed by atoms with Gasteiger partial charge in [0.1, 0.15) is 5.82 Å². The second-order valence-electron chi connectivity index (χ2n) is 6.71. The maximum atomic E-state index is 13.9. The van der Waals surface area contributed by atoms with E-state index in [0.717, 1.165) is 0 Å². The Morgan fingerprint density at radius 1 is 1.07 bits per heavy atom. The molecule has 0 aliphatic carbocycles. The Morgan fingerprint density at radius 2 is 1.68 bits per heavy atom. The van der Waals surface area contributed by atoms with Crippen LogP contribution in [-0.2, 0) is 14.8 Å². The minimum Gasteiger partial charge on any atom is -0.367 e. The zero-order valence-electron chi connectivity index (χ0n) is 15.5. The number of anilines is 2. The van der Waals surface area contributed by atoms with Crippen molar-refractivity contribution >= 4 is 27.3 Å². The van der Waals surface area contributed by atoms with Crippen molar-refractivity contribution in [2.45, 2.75) is 17.9 Å². The van der Waals surface area contributed by atoms with E-state index in [2.05, 4.69) is 5.32 Å². The average Bonchev–Trinajstić information content (AvgIpc) is 2.67. The van der Waals surface area contributed by atoms with E-state index in [9.17, 15) is 17.6 Å². The van der Waals surface area contributed by atoms with E-state index in [0.29, 0.717) is 37.6 Å². The molecule has 1 aliphatic heterocycles. The fourth-order valence-corrected chi connectivity index (χ4v) is 3.71. The lowest BCUT2D eigenvalue weighted by Crippen LogP contribution is -2.53. The molecular weight excluding hydrogens is 383 g/mol. The van der Waals surface area contributed by atoms with Gasteiger partial charge in [0.25, 0.3) is 0 Å². The van der Waals surface area contributed by atoms with Gasteiger partial charge in [-0.25, -0.2) is 17.9 Å². The van der Waals surface area contributed by atoms with Gasteiger partial charge in [-0.15, -0.1) is 0 Å². The number of hydrogen-bond acceptors (Lipinski definition) is 5. The number of sulfonamides is 1. The lowest BCUT2D eigenvalue weighted by molar-refractivity contribution is -0.120. The van der Waals surface area contributed by atoms with Gasteiger partial charge in [0.15, 0.2) is 0 Å². The molecule has 1 heterocycles. The first-order valence-corrected chi connectivity index (χ1v) is 10.5. The summed E-state index contributed by atoms with van der Waals surface area (Å²) in [6, 6.07) is 12.0. The zero-order valence-corrected chi connectivity index (χ0v) is 16.3. The van der Waals surface area contributed by atoms with Crippen LogP contribution in [0.1, 0.15) is 6.92 Å². The molecule has 1 atom stereocenters. The predicted octanol–water partition coefficient (Wildman–Crippen LogP) is 1.62. The minimum atomic E-state index is -3.77. The van der Waals surface area contributed by atoms with Gasteiger partial charge in [-0.05, 0) is 43.3 Å². The molecule has 0 unspecified atom stereocenters. The first-order valence-electron chi connectivity index (χ1n) is 8.93. The fourth-order valence-electron chi connectivity index (χ4n) is 3.20. The number of carbonyl (C=O) groups excluding carboxylic acids is 1. The summed E-state index contributed by atoms with van der Waals surface area (Å²) in [6.45, 7) is 4.33. The molecule has 7 nitrogen and oxygen atoms in total. The number of nitrogens with one attached hydrogen (secondary N) is 1. The molecule has 150 valence electrons. The Morgan fingerprint density at radius 3 is 2.25 bits per heavy atom. The number of rotatable bonds is 5. The molecule has 3 rings (SSSR count). The second kappa shape index (κ2) is 8.26. The number of piperazine rings is 1. The quantitative estimate of drug-likeness (QED) is 0.787. The molecule has 0 radical (unpaired) electrons. The highest BCUT2D eigenvalue weighted by atomic mass is 32.2. The first-order chi connectivity index (χ1) is 13.3. The largest absolute Gasteiger partial charge is 0.367 e. The molecule has 0 bridgehead atoms. The van der Waals surface area contributed by atoms with Crippen LogP contribution in [0, 0.1) is 5.82 Å². The molecule has 1 fully saturated rings. The molecule has 1 amide bonds. The maximum absolute atomic E-state index is 13.9. The Labute approximate surface area is 164 Å². The third-order valence-electron chi connectivity index (χ3n) is 4.88. The molecule has 9 heteroatoms. The summed E-state index contributed by atoms with van der Waals surface area (Å²) in [5.74, 6) is -0.438. The minimum absolute atomic E-state index is 0.0113. The van der Waals surface area contributed by atoms with E-state index in [1.807, 2.05) is 22.8 Å². The highest BCUT2D eigenvalue weighted by Gasteiger charge is 2.26. The normalized spacial score (nSPS) is 16.6. The van der Waals surface area contributed by atoms with Gasteiger partial charge in [-0.2, -0.15) is 0 Å². The molecule has 2 aromatic rings. The zero-order chi connectivity index (χ0) is 20.3. The van der Waals surface area contributed by atoms with Crippen molar-refractivity contribution in [3.8, 4) is 0 Å². The number of benzene rings is 2. The van der Waals surface area contributed by atoms with Crippen LogP contribution >= 0.6 is 0 Å². The number of primary sulfonamides is 1. The lowest BCUT2D eigenvalue weighted by atomic mass is 10.2. The van der Waals surface area contributed by atoms with E-state index in [-0.39, 0.29) is 22.7 Å². The number of hydrogen-bond donors (Lipinski definition) is 2. The van der Waals surface area contributed by atoms with Gasteiger partial charge in [-0.3, -0.25) is 9.69 Å². The highest BCUT2D eigenvalue weighted by Crippen LogP contribution is 2.21. The van der Waals surface area contributed by atoms with Crippen molar-refractivity contribution < 1.29 is 17.6 Å². The Hall–Kier alpha value is -2.49. The molecule has 3 N–H and O–H groups in total. The van der Waals surface area contributed by atoms with E-state index in [1.54, 1.807) is 12.1 Å². The molecule has 0 saturated carbocycles. The van der Waals surface area contributed by atoms with Crippen LogP contribution in [0.3, 0.4) is 0 Å². The van der Waals surface area contributed by atoms with E-state index in [4.69, 9.17) is 5.14 Å². The van der Waals surface area contributed by atoms with Crippen LogP contribution in [0.25, 0.3) is 0 Å². The Bertz CT molecular complexity index is 942. The molecule has 28 heavy (non-hydrogen) atoms. The van der Waals surface area contributed by atoms with Crippen LogP contribution in [0.4, 0.5) is 15.8 Å². The number of carbonyl (C=O) groups is 1. The fraction of sp³-hybridized carbons (Fsp3) is 0.316. The summed E-state index contributed by atoms with van der Waals surface area (Å²) >= 11 is 0. The number of nitrogens with zero attached hydrogens (tertiary/aromatic N) is 2. The van der Waals surface area contributed by atoms with E-state index >= 15 is 0 Å². The predicted molar refractivity (Wildman–Crippen MR) is 106 cm³/mol. The van der Waals surface area contributed by atoms with Crippen molar-refractivity contribution in [3.63, 3.8) is 0 Å². The smallest absolute Gasteiger partial charge is 0.241 e. The number of para-hydroxylation sites is 1. The van der Waals surface area contributed by atoms with Crippen molar-refractivity contribution in [2.24, 2.45) is 5.14 Å². The van der Waals surface area contributed by atoms with Gasteiger partial charge in [-0.1, -0.05) is 12.1 Å². The molecule has 0 aromatic heterocycles. The SMILES string of the molecule is C[C@H](C(=O)Nc1ccc(S(N)(=O)=O)cc1)N1CCN(c2ccccc2F)CC1. The average molecular weight is 406 g/mol. The summed E-state index contributed by atoms with van der Waals surface area (Å²) in [5, 5.41) is 7.85. The number of amides is 1. The summed E-state index contributed by atoms with van der Waals surface area (Å²) < 4.78 is 36.5. The summed E-state index contributed by atoms with van der Waals surface area (Å²) in [6.07, 6.45) is 0. The van der Waals surface area contributed by atoms with Crippen LogP contribution < -0.4 is 15.4 Å². The monoisotopic (exact) mass is 406 g/mol. The number of nitrogens with two attached hydrogens (primary N) is 1. The van der Waals surface area contributed by atoms with Crippen LogP contribution in [0.2, 0.25) is 0 Å². The molecule has 1 aliphatic rings. The standard InChI is InChI=1S/C19H23FN4O3S/c1-14(19(25)22-15-6-8-16(9-7-15)28(21,26)27)23-10-12-24(13-11-23)18-5-3-2-4-17(18)20/h2-9,14H,10-13H2,1H3,(H,22,25)(H2,21,26,27)/t14-/m1/s1. The maximum Gasteiger partial charge on any atom is 0.241 e. The van der Waals surface area contributed by atoms with Gasteiger partial charge in [0.05, 0.1) is 16.6 Å². The van der Waals surface area contributed by atoms with E-state index < -0.39 is 10.0 Å². The topological polar surface area (TPSA) is 95.7 Å². The van der Waals surface area contributed by atoms with Gasteiger partial charge < -0.3 is 10.2 Å². The third-order valence-corrected chi connectivity index (χ3v) is 5.81.